The molecule has 1 saturated heterocycles. The van der Waals surface area contributed by atoms with E-state index in [4.69, 9.17) is 15.3 Å². The maximum absolute atomic E-state index is 13.2. The molecule has 0 aromatic carbocycles. The number of carbonyl (C=O) groups is 4. The normalized spacial score (nSPS) is 18.2. The molecule has 2 aromatic heterocycles. The number of carboxylic acids is 1. The molecule has 4 rings (SSSR count). The quantitative estimate of drug-likeness (QED) is 0.0529. The minimum Gasteiger partial charge on any atom is -0.477 e. The first-order valence-corrected chi connectivity index (χ1v) is 16.2. The lowest BCUT2D eigenvalue weighted by molar-refractivity contribution is -0.150. The highest BCUT2D eigenvalue weighted by Crippen LogP contribution is 2.41. The highest BCUT2D eigenvalue weighted by molar-refractivity contribution is 8.01. The van der Waals surface area contributed by atoms with Crippen LogP contribution in [0.4, 0.5) is 9.93 Å². The van der Waals surface area contributed by atoms with E-state index in [2.05, 4.69) is 47.3 Å². The summed E-state index contributed by atoms with van der Waals surface area (Å²) in [5, 5.41) is 30.6. The third-order valence-corrected chi connectivity index (χ3v) is 8.77. The number of fused-ring (bicyclic) bond motifs is 1. The Morgan fingerprint density at radius 2 is 2.11 bits per heavy atom. The van der Waals surface area contributed by atoms with Crippen molar-refractivity contribution in [1.29, 1.82) is 0 Å². The van der Waals surface area contributed by atoms with Crippen molar-refractivity contribution in [2.75, 3.05) is 30.4 Å². The van der Waals surface area contributed by atoms with Crippen LogP contribution in [-0.4, -0.2) is 111 Å². The van der Waals surface area contributed by atoms with Crippen molar-refractivity contribution in [2.45, 2.75) is 55.9 Å². The Morgan fingerprint density at radius 1 is 1.33 bits per heavy atom. The van der Waals surface area contributed by atoms with Gasteiger partial charge in [-0.1, -0.05) is 29.6 Å². The summed E-state index contributed by atoms with van der Waals surface area (Å²) >= 11 is 3.38. The van der Waals surface area contributed by atoms with E-state index in [1.54, 1.807) is 25.5 Å². The Labute approximate surface area is 269 Å². The fourth-order valence-electron chi connectivity index (χ4n) is 4.00. The van der Waals surface area contributed by atoms with Gasteiger partial charge in [0, 0.05) is 36.1 Å². The number of hydrogen-bond acceptors (Lipinski definition) is 16. The molecule has 0 saturated carbocycles. The second-order valence-electron chi connectivity index (χ2n) is 10.4. The molecule has 0 radical (unpaired) electrons. The van der Waals surface area contributed by atoms with Gasteiger partial charge in [-0.3, -0.25) is 14.5 Å². The predicted molar refractivity (Wildman–Crippen MR) is 164 cm³/mol. The number of amides is 3. The number of nitrogen functional groups attached to an aromatic ring is 1. The second-order valence-corrected chi connectivity index (χ2v) is 13.2. The number of nitrogens with one attached hydrogen (secondary N) is 2. The lowest BCUT2D eigenvalue weighted by atomic mass is 10.0. The van der Waals surface area contributed by atoms with Crippen LogP contribution in [0.25, 0.3) is 0 Å². The number of anilines is 1. The number of alkyl carbamates (subject to hydrolysis) is 1. The van der Waals surface area contributed by atoms with Crippen molar-refractivity contribution in [2.24, 2.45) is 5.16 Å². The first-order valence-electron chi connectivity index (χ1n) is 13.4. The van der Waals surface area contributed by atoms with E-state index in [9.17, 15) is 24.3 Å². The molecular formula is C24H31N11O7S3. The summed E-state index contributed by atoms with van der Waals surface area (Å²) in [6, 6.07) is -1.02. The molecular weight excluding hydrogens is 651 g/mol. The van der Waals surface area contributed by atoms with Crippen molar-refractivity contribution >= 4 is 69.8 Å². The SMILES string of the molecule is C=CCO/N=C(/C(=O)NC1C(=O)N2C(C(=O)O)=C(CSc3nnnn3CCCNC(=O)OC(C)(C)C)CS[C@H]12)c1nsc(N)n1. The minimum atomic E-state index is -1.27. The summed E-state index contributed by atoms with van der Waals surface area (Å²) in [4.78, 5) is 60.5. The molecule has 2 aromatic rings. The van der Waals surface area contributed by atoms with Crippen molar-refractivity contribution < 1.29 is 33.9 Å². The molecule has 0 aliphatic carbocycles. The summed E-state index contributed by atoms with van der Waals surface area (Å²) in [5.74, 6) is -2.25. The van der Waals surface area contributed by atoms with Crippen LogP contribution in [-0.2, 0) is 30.5 Å². The number of aliphatic carboxylic acids is 1. The Balaban J connectivity index is 1.37. The minimum absolute atomic E-state index is 0.0102. The average molecular weight is 682 g/mol. The molecule has 2 aliphatic heterocycles. The number of tetrazole rings is 1. The van der Waals surface area contributed by atoms with Crippen LogP contribution >= 0.6 is 35.1 Å². The molecule has 21 heteroatoms. The van der Waals surface area contributed by atoms with Gasteiger partial charge in [-0.25, -0.2) is 14.3 Å². The maximum Gasteiger partial charge on any atom is 0.407 e. The highest BCUT2D eigenvalue weighted by atomic mass is 32.2. The fraction of sp³-hybridized carbons (Fsp3) is 0.500. The lowest BCUT2D eigenvalue weighted by Crippen LogP contribution is -2.71. The van der Waals surface area contributed by atoms with Crippen LogP contribution in [0.15, 0.2) is 34.2 Å². The van der Waals surface area contributed by atoms with Gasteiger partial charge in [0.05, 0.1) is 0 Å². The van der Waals surface area contributed by atoms with E-state index in [0.29, 0.717) is 30.2 Å². The maximum atomic E-state index is 13.2. The van der Waals surface area contributed by atoms with Crippen LogP contribution in [0.5, 0.6) is 0 Å². The number of rotatable bonds is 14. The summed E-state index contributed by atoms with van der Waals surface area (Å²) in [5.41, 5.74) is 5.09. The third-order valence-electron chi connectivity index (χ3n) is 5.84. The molecule has 4 heterocycles. The number of aryl methyl sites for hydroxylation is 1. The van der Waals surface area contributed by atoms with E-state index in [1.807, 2.05) is 0 Å². The van der Waals surface area contributed by atoms with Crippen LogP contribution < -0.4 is 16.4 Å². The zero-order chi connectivity index (χ0) is 32.7. The van der Waals surface area contributed by atoms with E-state index in [0.717, 1.165) is 16.4 Å². The summed E-state index contributed by atoms with van der Waals surface area (Å²) < 4.78 is 10.7. The third kappa shape index (κ3) is 8.48. The van der Waals surface area contributed by atoms with Gasteiger partial charge in [0.2, 0.25) is 16.7 Å². The molecule has 5 N–H and O–H groups in total. The van der Waals surface area contributed by atoms with Gasteiger partial charge in [0.1, 0.15) is 29.3 Å². The molecule has 1 fully saturated rings. The summed E-state index contributed by atoms with van der Waals surface area (Å²) in [7, 11) is 0. The van der Waals surface area contributed by atoms with Gasteiger partial charge in [-0.2, -0.15) is 9.36 Å². The van der Waals surface area contributed by atoms with Gasteiger partial charge in [-0.05, 0) is 43.2 Å². The number of thioether (sulfide) groups is 2. The van der Waals surface area contributed by atoms with E-state index in [1.165, 1.54) is 29.6 Å². The molecule has 0 spiro atoms. The Morgan fingerprint density at radius 3 is 2.78 bits per heavy atom. The van der Waals surface area contributed by atoms with E-state index in [-0.39, 0.29) is 40.5 Å². The van der Waals surface area contributed by atoms with Crippen molar-refractivity contribution in [3.63, 3.8) is 0 Å². The van der Waals surface area contributed by atoms with Gasteiger partial charge in [0.25, 0.3) is 11.8 Å². The molecule has 0 bridgehead atoms. The topological polar surface area (TPSA) is 242 Å². The number of carbonyl (C=O) groups excluding carboxylic acids is 3. The Hall–Kier alpha value is -4.24. The monoisotopic (exact) mass is 681 g/mol. The predicted octanol–water partition coefficient (Wildman–Crippen LogP) is 0.459. The zero-order valence-electron chi connectivity index (χ0n) is 24.5. The number of oxime groups is 1. The number of nitrogens with zero attached hydrogens (tertiary/aromatic N) is 8. The number of carboxylic acid groups (broad SMARTS) is 1. The van der Waals surface area contributed by atoms with Crippen molar-refractivity contribution in [3.05, 3.63) is 29.7 Å². The molecule has 45 heavy (non-hydrogen) atoms. The zero-order valence-corrected chi connectivity index (χ0v) is 26.9. The highest BCUT2D eigenvalue weighted by Gasteiger charge is 2.54. The van der Waals surface area contributed by atoms with Crippen LogP contribution in [0, 0.1) is 0 Å². The number of ether oxygens (including phenoxy) is 1. The van der Waals surface area contributed by atoms with Crippen molar-refractivity contribution in [1.82, 2.24) is 45.1 Å². The molecule has 2 atom stereocenters. The molecule has 1 unspecified atom stereocenters. The molecule has 18 nitrogen and oxygen atoms in total. The van der Waals surface area contributed by atoms with E-state index < -0.39 is 40.9 Å². The van der Waals surface area contributed by atoms with Gasteiger partial charge in [-0.15, -0.1) is 16.9 Å². The number of β-lactam (4-membered cyclic amide) rings is 1. The van der Waals surface area contributed by atoms with Gasteiger partial charge >= 0.3 is 12.1 Å². The average Bonchev–Trinajstić information content (AvgIpc) is 3.61. The van der Waals surface area contributed by atoms with Gasteiger partial charge in [0.15, 0.2) is 5.13 Å². The molecule has 2 aliphatic rings. The summed E-state index contributed by atoms with van der Waals surface area (Å²) in [6.45, 7) is 9.58. The Bertz CT molecular complexity index is 1520. The van der Waals surface area contributed by atoms with Gasteiger partial charge < -0.3 is 31.0 Å². The van der Waals surface area contributed by atoms with Crippen LogP contribution in [0.3, 0.4) is 0 Å². The number of hydrogen-bond donors (Lipinski definition) is 4. The molecule has 242 valence electrons. The standard InChI is InChI=1S/C24H31N11O7S3/c1-5-9-41-30-13(16-28-21(25)45-31-16)17(36)27-14-18(37)35-15(20(38)39)12(10-43-19(14)35)11-44-22-29-32-33-34(22)8-6-7-26-23(40)42-24(2,3)4/h5,14,19H,1,6-11H2,2-4H3,(H,26,40)(H,27,36)(H,38,39)(H2,25,28,31)/b30-13+/t14?,19-/m1/s1. The first kappa shape index (κ1) is 33.6. The fourth-order valence-corrected chi connectivity index (χ4v) is 6.82. The smallest absolute Gasteiger partial charge is 0.407 e. The van der Waals surface area contributed by atoms with Crippen LogP contribution in [0.2, 0.25) is 0 Å². The lowest BCUT2D eigenvalue weighted by Gasteiger charge is -2.49. The Kier molecular flexibility index (Phi) is 11.0. The largest absolute Gasteiger partial charge is 0.477 e. The van der Waals surface area contributed by atoms with Crippen LogP contribution in [0.1, 0.15) is 33.0 Å². The first-order chi connectivity index (χ1) is 21.4. The summed E-state index contributed by atoms with van der Waals surface area (Å²) in [6.07, 6.45) is 1.42. The number of nitrogens with two attached hydrogens (primary N) is 1. The second kappa shape index (κ2) is 14.7. The molecule has 3 amide bonds. The van der Waals surface area contributed by atoms with Crippen molar-refractivity contribution in [3.8, 4) is 0 Å². The van der Waals surface area contributed by atoms with E-state index >= 15 is 0 Å². The number of aromatic nitrogens is 6.